The number of piperidine rings is 1. The van der Waals surface area contributed by atoms with Gasteiger partial charge in [-0.25, -0.2) is 4.79 Å². The van der Waals surface area contributed by atoms with Crippen molar-refractivity contribution in [3.05, 3.63) is 17.5 Å². The summed E-state index contributed by atoms with van der Waals surface area (Å²) in [6, 6.07) is 1.79. The van der Waals surface area contributed by atoms with Crippen LogP contribution in [0.25, 0.3) is 0 Å². The Morgan fingerprint density at radius 2 is 2.17 bits per heavy atom. The highest BCUT2D eigenvalue weighted by Crippen LogP contribution is 2.30. The first-order chi connectivity index (χ1) is 11.0. The summed E-state index contributed by atoms with van der Waals surface area (Å²) in [6.07, 6.45) is 1.18. The summed E-state index contributed by atoms with van der Waals surface area (Å²) in [7, 11) is 1.69. The first-order valence-electron chi connectivity index (χ1n) is 7.82. The monoisotopic (exact) mass is 358 g/mol. The minimum atomic E-state index is -0.426. The Labute approximate surface area is 146 Å². The first kappa shape index (κ1) is 18.5. The number of aryl methyl sites for hydroxylation is 1. The van der Waals surface area contributed by atoms with E-state index in [0.29, 0.717) is 24.5 Å². The van der Waals surface area contributed by atoms with Gasteiger partial charge in [0, 0.05) is 26.0 Å². The third-order valence-electron chi connectivity index (χ3n) is 4.38. The molecule has 2 amide bonds. The number of likely N-dealkylation sites (N-methyl/N-ethyl adjacent to an activating group) is 1. The van der Waals surface area contributed by atoms with E-state index in [4.69, 9.17) is 9.26 Å². The zero-order valence-corrected chi connectivity index (χ0v) is 14.7. The zero-order chi connectivity index (χ0) is 16.4. The molecule has 2 aliphatic rings. The molecule has 3 heterocycles. The van der Waals surface area contributed by atoms with Gasteiger partial charge >= 0.3 is 6.09 Å². The first-order valence-corrected chi connectivity index (χ1v) is 7.82. The van der Waals surface area contributed by atoms with E-state index >= 15 is 0 Å². The number of carbonyl (C=O) groups is 2. The average Bonchev–Trinajstić information content (AvgIpc) is 3.04. The van der Waals surface area contributed by atoms with E-state index in [-0.39, 0.29) is 24.9 Å². The van der Waals surface area contributed by atoms with E-state index in [1.54, 1.807) is 20.0 Å². The van der Waals surface area contributed by atoms with Crippen molar-refractivity contribution in [3.8, 4) is 0 Å². The van der Waals surface area contributed by atoms with Crippen LogP contribution in [0.2, 0.25) is 0 Å². The fourth-order valence-corrected chi connectivity index (χ4v) is 3.07. The van der Waals surface area contributed by atoms with Crippen LogP contribution in [0, 0.1) is 6.92 Å². The molecule has 1 spiro atoms. The lowest BCUT2D eigenvalue weighted by Crippen LogP contribution is -2.46. The Morgan fingerprint density at radius 3 is 2.79 bits per heavy atom. The fourth-order valence-electron chi connectivity index (χ4n) is 3.07. The molecule has 0 atom stereocenters. The van der Waals surface area contributed by atoms with Crippen LogP contribution in [0.5, 0.6) is 0 Å². The number of halogens is 1. The van der Waals surface area contributed by atoms with Gasteiger partial charge in [0.05, 0.1) is 13.1 Å². The molecule has 9 heteroatoms. The number of nitrogens with zero attached hydrogens (tertiary/aromatic N) is 3. The number of carbonyl (C=O) groups excluding carboxylic acids is 2. The molecular weight excluding hydrogens is 336 g/mol. The molecule has 3 rings (SSSR count). The Bertz CT molecular complexity index is 600. The van der Waals surface area contributed by atoms with Crippen LogP contribution in [0.4, 0.5) is 4.79 Å². The van der Waals surface area contributed by atoms with Crippen molar-refractivity contribution in [2.45, 2.75) is 31.9 Å². The van der Waals surface area contributed by atoms with Crippen molar-refractivity contribution < 1.29 is 18.8 Å². The standard InChI is InChI=1S/C15H22N4O4.ClH/c1-11-7-12(17-23-11)8-18(2)13(20)9-19-10-15(22-14(19)21)3-5-16-6-4-15;/h7,16H,3-6,8-10H2,1-2H3;1H. The highest BCUT2D eigenvalue weighted by atomic mass is 35.5. The summed E-state index contributed by atoms with van der Waals surface area (Å²) in [5, 5.41) is 7.13. The molecule has 1 aromatic heterocycles. The fraction of sp³-hybridized carbons (Fsp3) is 0.667. The van der Waals surface area contributed by atoms with Gasteiger partial charge in [-0.3, -0.25) is 9.69 Å². The molecule has 2 aliphatic heterocycles. The summed E-state index contributed by atoms with van der Waals surface area (Å²) in [5.41, 5.74) is 0.266. The average molecular weight is 359 g/mol. The molecule has 0 aromatic carbocycles. The normalized spacial score (nSPS) is 19.1. The summed E-state index contributed by atoms with van der Waals surface area (Å²) < 4.78 is 10.5. The second-order valence-electron chi connectivity index (χ2n) is 6.34. The van der Waals surface area contributed by atoms with Gasteiger partial charge in [0.25, 0.3) is 0 Å². The van der Waals surface area contributed by atoms with Gasteiger partial charge in [-0.15, -0.1) is 12.4 Å². The lowest BCUT2D eigenvalue weighted by atomic mass is 9.92. The van der Waals surface area contributed by atoms with Gasteiger partial charge in [0.1, 0.15) is 23.6 Å². The summed E-state index contributed by atoms with van der Waals surface area (Å²) in [4.78, 5) is 27.4. The third-order valence-corrected chi connectivity index (χ3v) is 4.38. The largest absolute Gasteiger partial charge is 0.441 e. The summed E-state index contributed by atoms with van der Waals surface area (Å²) >= 11 is 0. The molecule has 0 unspecified atom stereocenters. The minimum Gasteiger partial charge on any atom is -0.441 e. The van der Waals surface area contributed by atoms with Crippen LogP contribution in [0.15, 0.2) is 10.6 Å². The van der Waals surface area contributed by atoms with E-state index in [2.05, 4.69) is 10.5 Å². The third kappa shape index (κ3) is 3.99. The maximum atomic E-state index is 12.3. The van der Waals surface area contributed by atoms with Crippen molar-refractivity contribution >= 4 is 24.4 Å². The molecule has 1 aromatic rings. The van der Waals surface area contributed by atoms with Crippen molar-refractivity contribution in [1.29, 1.82) is 0 Å². The van der Waals surface area contributed by atoms with Crippen LogP contribution >= 0.6 is 12.4 Å². The Morgan fingerprint density at radius 1 is 1.46 bits per heavy atom. The number of hydrogen-bond acceptors (Lipinski definition) is 6. The van der Waals surface area contributed by atoms with Crippen LogP contribution in [0.3, 0.4) is 0 Å². The van der Waals surface area contributed by atoms with Gasteiger partial charge in [0.15, 0.2) is 0 Å². The van der Waals surface area contributed by atoms with Gasteiger partial charge in [-0.1, -0.05) is 5.16 Å². The molecule has 0 bridgehead atoms. The summed E-state index contributed by atoms with van der Waals surface area (Å²) in [6.45, 7) is 4.34. The van der Waals surface area contributed by atoms with E-state index in [1.165, 1.54) is 9.80 Å². The number of nitrogens with one attached hydrogen (secondary N) is 1. The lowest BCUT2D eigenvalue weighted by Gasteiger charge is -2.31. The molecule has 0 radical (unpaired) electrons. The minimum absolute atomic E-state index is 0. The van der Waals surface area contributed by atoms with E-state index in [1.807, 2.05) is 0 Å². The quantitative estimate of drug-likeness (QED) is 0.861. The molecule has 2 fully saturated rings. The molecule has 24 heavy (non-hydrogen) atoms. The molecule has 0 saturated carbocycles. The molecular formula is C15H23ClN4O4. The van der Waals surface area contributed by atoms with E-state index < -0.39 is 11.7 Å². The Balaban J connectivity index is 0.00000208. The SMILES string of the molecule is Cc1cc(CN(C)C(=O)CN2CC3(CCNCC3)OC2=O)no1.Cl. The second kappa shape index (κ2) is 7.40. The molecule has 0 aliphatic carbocycles. The van der Waals surface area contributed by atoms with Crippen LogP contribution in [0.1, 0.15) is 24.3 Å². The molecule has 1 N–H and O–H groups in total. The number of amides is 2. The van der Waals surface area contributed by atoms with Crippen LogP contribution in [-0.4, -0.2) is 65.8 Å². The van der Waals surface area contributed by atoms with Gasteiger partial charge in [0.2, 0.25) is 5.91 Å². The van der Waals surface area contributed by atoms with Crippen molar-refractivity contribution in [2.75, 3.05) is 33.2 Å². The molecule has 134 valence electrons. The highest BCUT2D eigenvalue weighted by molar-refractivity contribution is 5.85. The van der Waals surface area contributed by atoms with Crippen molar-refractivity contribution in [1.82, 2.24) is 20.3 Å². The van der Waals surface area contributed by atoms with Gasteiger partial charge in [-0.05, 0) is 20.0 Å². The summed E-state index contributed by atoms with van der Waals surface area (Å²) in [5.74, 6) is 0.561. The number of hydrogen-bond donors (Lipinski definition) is 1. The highest BCUT2D eigenvalue weighted by Gasteiger charge is 2.46. The second-order valence-corrected chi connectivity index (χ2v) is 6.34. The topological polar surface area (TPSA) is 87.9 Å². The zero-order valence-electron chi connectivity index (χ0n) is 13.9. The lowest BCUT2D eigenvalue weighted by molar-refractivity contribution is -0.131. The van der Waals surface area contributed by atoms with E-state index in [0.717, 1.165) is 25.9 Å². The predicted molar refractivity (Wildman–Crippen MR) is 87.9 cm³/mol. The van der Waals surface area contributed by atoms with Crippen molar-refractivity contribution in [2.24, 2.45) is 0 Å². The van der Waals surface area contributed by atoms with Crippen molar-refractivity contribution in [3.63, 3.8) is 0 Å². The Hall–Kier alpha value is -1.80. The van der Waals surface area contributed by atoms with Crippen LogP contribution < -0.4 is 5.32 Å². The maximum absolute atomic E-state index is 12.3. The van der Waals surface area contributed by atoms with Gasteiger partial charge < -0.3 is 19.5 Å². The number of aromatic nitrogens is 1. The van der Waals surface area contributed by atoms with Gasteiger partial charge in [-0.2, -0.15) is 0 Å². The molecule has 8 nitrogen and oxygen atoms in total. The predicted octanol–water partition coefficient (Wildman–Crippen LogP) is 0.938. The number of ether oxygens (including phenoxy) is 1. The smallest absolute Gasteiger partial charge is 0.410 e. The van der Waals surface area contributed by atoms with E-state index in [9.17, 15) is 9.59 Å². The van der Waals surface area contributed by atoms with Crippen LogP contribution in [-0.2, 0) is 16.1 Å². The number of rotatable bonds is 4. The maximum Gasteiger partial charge on any atom is 0.410 e. The Kier molecular flexibility index (Phi) is 5.71. The molecule has 2 saturated heterocycles.